The lowest BCUT2D eigenvalue weighted by molar-refractivity contribution is -0.141. The highest BCUT2D eigenvalue weighted by molar-refractivity contribution is 5.98. The molecule has 0 radical (unpaired) electrons. The molecule has 1 aliphatic heterocycles. The number of nitrogens with one attached hydrogen (secondary N) is 1. The van der Waals surface area contributed by atoms with Gasteiger partial charge in [-0.25, -0.2) is 4.98 Å². The Morgan fingerprint density at radius 2 is 1.90 bits per heavy atom. The Labute approximate surface area is 164 Å². The maximum Gasteiger partial charge on any atom is 0.433 e. The van der Waals surface area contributed by atoms with E-state index >= 15 is 0 Å². The number of nitrogens with zero attached hydrogens (tertiary/aromatic N) is 4. The molecule has 4 rings (SSSR count). The van der Waals surface area contributed by atoms with Crippen LogP contribution in [0, 0.1) is 13.8 Å². The number of rotatable bonds is 3. The van der Waals surface area contributed by atoms with E-state index in [-0.39, 0.29) is 17.8 Å². The molecule has 1 aliphatic rings. The predicted molar refractivity (Wildman–Crippen MR) is 102 cm³/mol. The molecular formula is C20H18F3N5O. The molecule has 0 spiro atoms. The van der Waals surface area contributed by atoms with E-state index in [0.29, 0.717) is 18.7 Å². The molecule has 1 N–H and O–H groups in total. The van der Waals surface area contributed by atoms with Gasteiger partial charge in [-0.2, -0.15) is 23.4 Å². The van der Waals surface area contributed by atoms with Gasteiger partial charge in [0, 0.05) is 24.0 Å². The van der Waals surface area contributed by atoms with Crippen molar-refractivity contribution in [3.05, 3.63) is 58.9 Å². The largest absolute Gasteiger partial charge is 0.433 e. The fourth-order valence-electron chi connectivity index (χ4n) is 3.25. The minimum absolute atomic E-state index is 0.159. The Balaban J connectivity index is 1.42. The van der Waals surface area contributed by atoms with E-state index in [1.807, 2.05) is 13.8 Å². The van der Waals surface area contributed by atoms with Crippen molar-refractivity contribution >= 4 is 22.6 Å². The first kappa shape index (κ1) is 19.1. The summed E-state index contributed by atoms with van der Waals surface area (Å²) in [7, 11) is 0. The van der Waals surface area contributed by atoms with Gasteiger partial charge in [0.2, 0.25) is 0 Å². The summed E-state index contributed by atoms with van der Waals surface area (Å²) in [6.45, 7) is 4.59. The Morgan fingerprint density at radius 3 is 2.62 bits per heavy atom. The van der Waals surface area contributed by atoms with Crippen molar-refractivity contribution in [3.8, 4) is 0 Å². The number of anilines is 1. The lowest BCUT2D eigenvalue weighted by Crippen LogP contribution is -2.59. The topological polar surface area (TPSA) is 71.0 Å². The zero-order valence-corrected chi connectivity index (χ0v) is 15.8. The normalized spacial score (nSPS) is 14.7. The SMILES string of the molecule is Cc1nnc2ccc(C(=O)NC3CN(c4cccc(C(F)(F)F)n4)C3)cc2c1C. The molecule has 29 heavy (non-hydrogen) atoms. The number of hydrogen-bond donors (Lipinski definition) is 1. The summed E-state index contributed by atoms with van der Waals surface area (Å²) in [5.41, 5.74) is 2.07. The summed E-state index contributed by atoms with van der Waals surface area (Å²) in [6, 6.07) is 8.87. The molecule has 3 heterocycles. The number of halogens is 3. The molecule has 2 aromatic heterocycles. The summed E-state index contributed by atoms with van der Waals surface area (Å²) in [5.74, 6) is 0.0168. The van der Waals surface area contributed by atoms with E-state index in [1.54, 1.807) is 23.1 Å². The summed E-state index contributed by atoms with van der Waals surface area (Å²) >= 11 is 0. The number of fused-ring (bicyclic) bond motifs is 1. The van der Waals surface area contributed by atoms with Crippen LogP contribution in [-0.2, 0) is 6.18 Å². The molecule has 150 valence electrons. The first-order valence-corrected chi connectivity index (χ1v) is 9.06. The van der Waals surface area contributed by atoms with Crippen LogP contribution < -0.4 is 10.2 Å². The summed E-state index contributed by atoms with van der Waals surface area (Å²) in [4.78, 5) is 17.9. The Bertz CT molecular complexity index is 1090. The van der Waals surface area contributed by atoms with Crippen LogP contribution in [0.5, 0.6) is 0 Å². The molecule has 3 aromatic rings. The molecule has 0 aliphatic carbocycles. The van der Waals surface area contributed by atoms with Crippen LogP contribution in [0.4, 0.5) is 19.0 Å². The van der Waals surface area contributed by atoms with Crippen LogP contribution in [0.15, 0.2) is 36.4 Å². The van der Waals surface area contributed by atoms with Crippen molar-refractivity contribution in [1.82, 2.24) is 20.5 Å². The maximum atomic E-state index is 12.8. The Kier molecular flexibility index (Phi) is 4.60. The third-order valence-corrected chi connectivity index (χ3v) is 5.08. The van der Waals surface area contributed by atoms with Gasteiger partial charge in [-0.3, -0.25) is 4.79 Å². The van der Waals surface area contributed by atoms with Gasteiger partial charge >= 0.3 is 6.18 Å². The molecule has 1 fully saturated rings. The van der Waals surface area contributed by atoms with E-state index in [9.17, 15) is 18.0 Å². The standard InChI is InChI=1S/C20H18F3N5O/c1-11-12(2)26-27-16-7-6-13(8-15(11)16)19(29)24-14-9-28(10-14)18-5-3-4-17(25-18)20(21,22)23/h3-8,14H,9-10H2,1-2H3,(H,24,29). The highest BCUT2D eigenvalue weighted by Crippen LogP contribution is 2.30. The van der Waals surface area contributed by atoms with Gasteiger partial charge in [-0.05, 0) is 49.7 Å². The lowest BCUT2D eigenvalue weighted by atomic mass is 10.0. The van der Waals surface area contributed by atoms with Crippen molar-refractivity contribution in [1.29, 1.82) is 0 Å². The van der Waals surface area contributed by atoms with Crippen molar-refractivity contribution < 1.29 is 18.0 Å². The highest BCUT2D eigenvalue weighted by atomic mass is 19.4. The van der Waals surface area contributed by atoms with E-state index < -0.39 is 11.9 Å². The summed E-state index contributed by atoms with van der Waals surface area (Å²) in [6.07, 6.45) is -4.48. The van der Waals surface area contributed by atoms with Gasteiger partial charge in [-0.15, -0.1) is 0 Å². The van der Waals surface area contributed by atoms with Crippen molar-refractivity contribution in [2.75, 3.05) is 18.0 Å². The van der Waals surface area contributed by atoms with E-state index in [4.69, 9.17) is 0 Å². The van der Waals surface area contributed by atoms with Crippen LogP contribution in [0.2, 0.25) is 0 Å². The third kappa shape index (κ3) is 3.72. The zero-order chi connectivity index (χ0) is 20.8. The van der Waals surface area contributed by atoms with Gasteiger partial charge in [0.05, 0.1) is 17.3 Å². The van der Waals surface area contributed by atoms with Gasteiger partial charge in [0.1, 0.15) is 11.5 Å². The monoisotopic (exact) mass is 401 g/mol. The van der Waals surface area contributed by atoms with Gasteiger partial charge < -0.3 is 10.2 Å². The molecule has 6 nitrogen and oxygen atoms in total. The highest BCUT2D eigenvalue weighted by Gasteiger charge is 2.34. The predicted octanol–water partition coefficient (Wildman–Crippen LogP) is 3.28. The molecule has 0 bridgehead atoms. The molecule has 1 amide bonds. The van der Waals surface area contributed by atoms with Gasteiger partial charge in [-0.1, -0.05) is 6.07 Å². The quantitative estimate of drug-likeness (QED) is 0.729. The number of hydrogen-bond acceptors (Lipinski definition) is 5. The van der Waals surface area contributed by atoms with Crippen molar-refractivity contribution in [2.45, 2.75) is 26.1 Å². The number of carbonyl (C=O) groups is 1. The second-order valence-electron chi connectivity index (χ2n) is 7.10. The Morgan fingerprint density at radius 1 is 1.14 bits per heavy atom. The number of carbonyl (C=O) groups excluding carboxylic acids is 1. The van der Waals surface area contributed by atoms with E-state index in [0.717, 1.165) is 28.2 Å². The van der Waals surface area contributed by atoms with Crippen molar-refractivity contribution in [3.63, 3.8) is 0 Å². The number of alkyl halides is 3. The minimum atomic E-state index is -4.48. The number of benzene rings is 1. The first-order valence-electron chi connectivity index (χ1n) is 9.06. The van der Waals surface area contributed by atoms with Gasteiger partial charge in [0.15, 0.2) is 0 Å². The lowest BCUT2D eigenvalue weighted by Gasteiger charge is -2.40. The average molecular weight is 401 g/mol. The fourth-order valence-corrected chi connectivity index (χ4v) is 3.25. The molecule has 1 aromatic carbocycles. The second kappa shape index (κ2) is 6.98. The average Bonchev–Trinajstić information content (AvgIpc) is 2.66. The molecule has 0 atom stereocenters. The maximum absolute atomic E-state index is 12.8. The van der Waals surface area contributed by atoms with Crippen molar-refractivity contribution in [2.24, 2.45) is 0 Å². The number of aromatic nitrogens is 3. The van der Waals surface area contributed by atoms with Gasteiger partial charge in [0.25, 0.3) is 5.91 Å². The summed E-state index contributed by atoms with van der Waals surface area (Å²) in [5, 5.41) is 12.0. The Hall–Kier alpha value is -3.23. The molecule has 0 saturated carbocycles. The number of aryl methyl sites for hydroxylation is 2. The first-order chi connectivity index (χ1) is 13.7. The van der Waals surface area contributed by atoms with E-state index in [1.165, 1.54) is 12.1 Å². The molecule has 1 saturated heterocycles. The minimum Gasteiger partial charge on any atom is -0.352 e. The molecule has 0 unspecified atom stereocenters. The number of pyridine rings is 1. The zero-order valence-electron chi connectivity index (χ0n) is 15.8. The van der Waals surface area contributed by atoms with Crippen LogP contribution in [-0.4, -0.2) is 40.2 Å². The van der Waals surface area contributed by atoms with Crippen LogP contribution in [0.3, 0.4) is 0 Å². The smallest absolute Gasteiger partial charge is 0.352 e. The fraction of sp³-hybridized carbons (Fsp3) is 0.300. The van der Waals surface area contributed by atoms with E-state index in [2.05, 4.69) is 20.5 Å². The molecular weight excluding hydrogens is 383 g/mol. The third-order valence-electron chi connectivity index (χ3n) is 5.08. The second-order valence-corrected chi connectivity index (χ2v) is 7.10. The molecule has 9 heteroatoms. The van der Waals surface area contributed by atoms with Crippen LogP contribution in [0.25, 0.3) is 10.9 Å². The summed E-state index contributed by atoms with van der Waals surface area (Å²) < 4.78 is 38.4. The number of amides is 1. The van der Waals surface area contributed by atoms with Crippen LogP contribution in [0.1, 0.15) is 27.3 Å². The van der Waals surface area contributed by atoms with Crippen LogP contribution >= 0.6 is 0 Å².